The van der Waals surface area contributed by atoms with Crippen LogP contribution < -0.4 is 9.64 Å². The number of fused-ring (bicyclic) bond motifs is 1. The third kappa shape index (κ3) is 4.69. The molecule has 0 aliphatic rings. The van der Waals surface area contributed by atoms with Crippen LogP contribution in [0.3, 0.4) is 0 Å². The summed E-state index contributed by atoms with van der Waals surface area (Å²) in [5.74, 6) is 0.715. The zero-order valence-corrected chi connectivity index (χ0v) is 19.2. The monoisotopic (exact) mass is 470 g/mol. The van der Waals surface area contributed by atoms with Crippen LogP contribution in [-0.2, 0) is 20.9 Å². The third-order valence-corrected chi connectivity index (χ3v) is 5.23. The lowest BCUT2D eigenvalue weighted by Crippen LogP contribution is -2.17. The molecule has 0 atom stereocenters. The Morgan fingerprint density at radius 2 is 1.86 bits per heavy atom. The fourth-order valence-corrected chi connectivity index (χ4v) is 3.72. The van der Waals surface area contributed by atoms with E-state index in [2.05, 4.69) is 11.2 Å². The first-order valence-electron chi connectivity index (χ1n) is 10.8. The number of methoxy groups -OCH3 is 1. The molecule has 0 unspecified atom stereocenters. The van der Waals surface area contributed by atoms with Crippen LogP contribution in [0.15, 0.2) is 67.0 Å². The summed E-state index contributed by atoms with van der Waals surface area (Å²) in [6.07, 6.45) is 3.46. The van der Waals surface area contributed by atoms with Gasteiger partial charge in [0.25, 0.3) is 0 Å². The van der Waals surface area contributed by atoms with Crippen LogP contribution in [0.5, 0.6) is 11.5 Å². The molecule has 0 fully saturated rings. The Bertz CT molecular complexity index is 1390. The maximum absolute atomic E-state index is 12.6. The van der Waals surface area contributed by atoms with Gasteiger partial charge in [0.2, 0.25) is 6.41 Å². The van der Waals surface area contributed by atoms with Crippen molar-refractivity contribution in [2.24, 2.45) is 0 Å². The molecular formula is C26H22N4O5. The van der Waals surface area contributed by atoms with Gasteiger partial charge in [-0.25, -0.2) is 9.31 Å². The van der Waals surface area contributed by atoms with E-state index in [0.29, 0.717) is 34.7 Å². The summed E-state index contributed by atoms with van der Waals surface area (Å²) in [6, 6.07) is 18.3. The number of anilines is 2. The van der Waals surface area contributed by atoms with Crippen molar-refractivity contribution in [3.63, 3.8) is 0 Å². The van der Waals surface area contributed by atoms with Gasteiger partial charge in [-0.2, -0.15) is 10.4 Å². The van der Waals surface area contributed by atoms with E-state index in [9.17, 15) is 14.9 Å². The van der Waals surface area contributed by atoms with E-state index in [1.165, 1.54) is 28.9 Å². The van der Waals surface area contributed by atoms with Crippen molar-refractivity contribution in [2.75, 3.05) is 18.6 Å². The second-order valence-corrected chi connectivity index (χ2v) is 7.37. The van der Waals surface area contributed by atoms with Gasteiger partial charge in [0.05, 0.1) is 41.7 Å². The first-order chi connectivity index (χ1) is 17.1. The Morgan fingerprint density at radius 3 is 2.49 bits per heavy atom. The quantitative estimate of drug-likeness (QED) is 0.260. The van der Waals surface area contributed by atoms with Crippen LogP contribution in [0.25, 0.3) is 5.52 Å². The Labute approximate surface area is 201 Å². The first-order valence-corrected chi connectivity index (χ1v) is 10.8. The average Bonchev–Trinajstić information content (AvgIpc) is 3.25. The largest absolute Gasteiger partial charge is 0.462 e. The second-order valence-electron chi connectivity index (χ2n) is 7.37. The summed E-state index contributed by atoms with van der Waals surface area (Å²) in [6.45, 7) is 1.95. The highest BCUT2D eigenvalue weighted by molar-refractivity contribution is 6.01. The average molecular weight is 470 g/mol. The van der Waals surface area contributed by atoms with Gasteiger partial charge in [-0.15, -0.1) is 0 Å². The highest BCUT2D eigenvalue weighted by atomic mass is 16.5. The minimum absolute atomic E-state index is 0.0464. The molecule has 0 saturated carbocycles. The summed E-state index contributed by atoms with van der Waals surface area (Å²) in [4.78, 5) is 26.3. The number of aromatic nitrogens is 2. The van der Waals surface area contributed by atoms with Crippen molar-refractivity contribution >= 4 is 29.3 Å². The second kappa shape index (κ2) is 10.5. The minimum Gasteiger partial charge on any atom is -0.462 e. The molecular weight excluding hydrogens is 448 g/mol. The fourth-order valence-electron chi connectivity index (χ4n) is 3.72. The molecule has 1 amide bonds. The fraction of sp³-hybridized carbons (Fsp3) is 0.154. The first kappa shape index (κ1) is 23.5. The Morgan fingerprint density at radius 1 is 1.14 bits per heavy atom. The number of esters is 1. The summed E-state index contributed by atoms with van der Waals surface area (Å²) in [5.41, 5.74) is 2.02. The summed E-state index contributed by atoms with van der Waals surface area (Å²) >= 11 is 0. The Balaban J connectivity index is 1.82. The smallest absolute Gasteiger partial charge is 0.340 e. The van der Waals surface area contributed by atoms with Crippen LogP contribution in [0.4, 0.5) is 11.4 Å². The van der Waals surface area contributed by atoms with Gasteiger partial charge in [-0.3, -0.25) is 9.69 Å². The van der Waals surface area contributed by atoms with Crippen LogP contribution in [-0.4, -0.2) is 35.7 Å². The van der Waals surface area contributed by atoms with Gasteiger partial charge >= 0.3 is 5.97 Å². The van der Waals surface area contributed by atoms with Crippen molar-refractivity contribution in [3.8, 4) is 17.6 Å². The highest BCUT2D eigenvalue weighted by Crippen LogP contribution is 2.36. The van der Waals surface area contributed by atoms with E-state index in [1.807, 2.05) is 30.3 Å². The zero-order valence-electron chi connectivity index (χ0n) is 19.2. The normalized spacial score (nSPS) is 10.5. The molecule has 2 aromatic heterocycles. The maximum Gasteiger partial charge on any atom is 0.340 e. The number of para-hydroxylation sites is 1. The van der Waals surface area contributed by atoms with Crippen molar-refractivity contribution in [3.05, 3.63) is 83.7 Å². The number of nitriles is 1. The number of ether oxygens (including phenoxy) is 3. The number of hydrogen-bond acceptors (Lipinski definition) is 7. The molecule has 0 aliphatic carbocycles. The topological polar surface area (TPSA) is 106 Å². The standard InChI is InChI=1S/C26H22N4O5/c1-3-34-26(32)22-15-30-25(23(22)16-33-2)24(18(13-27)14-28-30)29(17-31)19-9-11-21(12-10-19)35-20-7-5-4-6-8-20/h4-12,14-15,17H,3,16H2,1-2H3. The third-order valence-electron chi connectivity index (χ3n) is 5.23. The van der Waals surface area contributed by atoms with Gasteiger partial charge in [-0.1, -0.05) is 18.2 Å². The van der Waals surface area contributed by atoms with Gasteiger partial charge in [0.15, 0.2) is 0 Å². The van der Waals surface area contributed by atoms with Crippen molar-refractivity contribution in [1.82, 2.24) is 9.61 Å². The lowest BCUT2D eigenvalue weighted by atomic mass is 10.1. The van der Waals surface area contributed by atoms with Gasteiger partial charge < -0.3 is 14.2 Å². The lowest BCUT2D eigenvalue weighted by Gasteiger charge is -2.21. The molecule has 4 aromatic rings. The SMILES string of the molecule is CCOC(=O)c1cn2ncc(C#N)c(N(C=O)c3ccc(Oc4ccccc4)cc3)c2c1COC. The Hall–Kier alpha value is -4.68. The van der Waals surface area contributed by atoms with E-state index in [4.69, 9.17) is 14.2 Å². The van der Waals surface area contributed by atoms with E-state index >= 15 is 0 Å². The number of carbonyl (C=O) groups is 2. The lowest BCUT2D eigenvalue weighted by molar-refractivity contribution is -0.106. The summed E-state index contributed by atoms with van der Waals surface area (Å²) in [7, 11) is 1.49. The molecule has 35 heavy (non-hydrogen) atoms. The van der Waals surface area contributed by atoms with Gasteiger partial charge in [0, 0.05) is 24.6 Å². The van der Waals surface area contributed by atoms with Crippen LogP contribution in [0.2, 0.25) is 0 Å². The predicted octanol–water partition coefficient (Wildman–Crippen LogP) is 4.62. The van der Waals surface area contributed by atoms with Gasteiger partial charge in [-0.05, 0) is 43.3 Å². The van der Waals surface area contributed by atoms with Crippen molar-refractivity contribution in [2.45, 2.75) is 13.5 Å². The predicted molar refractivity (Wildman–Crippen MR) is 128 cm³/mol. The van der Waals surface area contributed by atoms with Crippen LogP contribution in [0, 0.1) is 11.3 Å². The van der Waals surface area contributed by atoms with Crippen molar-refractivity contribution in [1.29, 1.82) is 5.26 Å². The zero-order chi connectivity index (χ0) is 24.8. The van der Waals surface area contributed by atoms with E-state index < -0.39 is 5.97 Å². The van der Waals surface area contributed by atoms with E-state index in [0.717, 1.165) is 0 Å². The summed E-state index contributed by atoms with van der Waals surface area (Å²) in [5, 5.41) is 14.1. The minimum atomic E-state index is -0.547. The number of nitrogens with zero attached hydrogens (tertiary/aromatic N) is 4. The van der Waals surface area contributed by atoms with Crippen LogP contribution >= 0.6 is 0 Å². The molecule has 0 spiro atoms. The highest BCUT2D eigenvalue weighted by Gasteiger charge is 2.26. The van der Waals surface area contributed by atoms with Crippen molar-refractivity contribution < 1.29 is 23.8 Å². The number of hydrogen-bond donors (Lipinski definition) is 0. The van der Waals surface area contributed by atoms with Gasteiger partial charge in [0.1, 0.15) is 17.6 Å². The number of rotatable bonds is 9. The molecule has 0 aliphatic heterocycles. The maximum atomic E-state index is 12.6. The number of carbonyl (C=O) groups excluding carboxylic acids is 2. The molecule has 2 heterocycles. The molecule has 4 rings (SSSR count). The molecule has 0 saturated heterocycles. The van der Waals surface area contributed by atoms with Crippen LogP contribution in [0.1, 0.15) is 28.4 Å². The Kier molecular flexibility index (Phi) is 7.04. The molecule has 2 aromatic carbocycles. The molecule has 0 bridgehead atoms. The van der Waals surface area contributed by atoms with E-state index in [1.54, 1.807) is 31.2 Å². The molecule has 0 N–H and O–H groups in total. The summed E-state index contributed by atoms with van der Waals surface area (Å²) < 4.78 is 17.8. The molecule has 9 heteroatoms. The van der Waals surface area contributed by atoms with E-state index in [-0.39, 0.29) is 30.0 Å². The number of benzene rings is 2. The molecule has 0 radical (unpaired) electrons. The molecule has 9 nitrogen and oxygen atoms in total. The number of amides is 1. The molecule has 176 valence electrons.